The average Bonchev–Trinajstić information content (AvgIpc) is 3.21. The number of hydrogen-bond donors (Lipinski definition) is 0. The molecule has 5 heteroatoms. The molecular formula is C14H17FO4. The number of hydrogen-bond acceptors (Lipinski definition) is 4. The Bertz CT molecular complexity index is 435. The molecule has 0 aromatic heterocycles. The van der Waals surface area contributed by atoms with Crippen molar-refractivity contribution >= 4 is 0 Å². The first kappa shape index (κ1) is 12.8. The predicted octanol–water partition coefficient (Wildman–Crippen LogP) is 1.98. The molecule has 19 heavy (non-hydrogen) atoms. The van der Waals surface area contributed by atoms with Crippen LogP contribution in [-0.2, 0) is 14.2 Å². The molecule has 1 unspecified atom stereocenters. The van der Waals surface area contributed by atoms with Gasteiger partial charge < -0.3 is 18.9 Å². The van der Waals surface area contributed by atoms with E-state index in [4.69, 9.17) is 18.9 Å². The third-order valence-electron chi connectivity index (χ3n) is 3.89. The predicted molar refractivity (Wildman–Crippen MR) is 65.5 cm³/mol. The summed E-state index contributed by atoms with van der Waals surface area (Å²) in [6.45, 7) is 4.66. The van der Waals surface area contributed by atoms with Gasteiger partial charge in [-0.3, -0.25) is 0 Å². The Labute approximate surface area is 111 Å². The first-order chi connectivity index (χ1) is 9.14. The van der Waals surface area contributed by atoms with Crippen LogP contribution in [0, 0.1) is 11.2 Å². The number of ether oxygens (including phenoxy) is 4. The lowest BCUT2D eigenvalue weighted by Crippen LogP contribution is -2.49. The fourth-order valence-electron chi connectivity index (χ4n) is 2.32. The highest BCUT2D eigenvalue weighted by atomic mass is 19.1. The van der Waals surface area contributed by atoms with Crippen LogP contribution in [0.1, 0.15) is 6.92 Å². The Morgan fingerprint density at radius 2 is 1.79 bits per heavy atom. The van der Waals surface area contributed by atoms with Crippen molar-refractivity contribution in [2.45, 2.75) is 12.5 Å². The molecule has 2 fully saturated rings. The molecule has 0 spiro atoms. The summed E-state index contributed by atoms with van der Waals surface area (Å²) in [6, 6.07) is 5.98. The van der Waals surface area contributed by atoms with Gasteiger partial charge in [0.2, 0.25) is 0 Å². The molecule has 1 aromatic rings. The minimum absolute atomic E-state index is 0.203. The van der Waals surface area contributed by atoms with E-state index in [1.165, 1.54) is 12.1 Å². The molecule has 0 amide bonds. The molecule has 1 aromatic carbocycles. The van der Waals surface area contributed by atoms with Crippen LogP contribution >= 0.6 is 0 Å². The van der Waals surface area contributed by atoms with Crippen molar-refractivity contribution in [3.8, 4) is 5.75 Å². The van der Waals surface area contributed by atoms with Crippen LogP contribution < -0.4 is 4.74 Å². The second kappa shape index (κ2) is 4.74. The van der Waals surface area contributed by atoms with Gasteiger partial charge in [0, 0.05) is 5.41 Å². The molecule has 2 aliphatic rings. The number of rotatable bonds is 4. The summed E-state index contributed by atoms with van der Waals surface area (Å²) in [5.41, 5.74) is -0.562. The Balaban J connectivity index is 1.64. The maximum atomic E-state index is 12.8. The molecule has 2 saturated heterocycles. The molecule has 4 nitrogen and oxygen atoms in total. The van der Waals surface area contributed by atoms with Crippen molar-refractivity contribution < 1.29 is 23.3 Å². The van der Waals surface area contributed by atoms with Gasteiger partial charge in [-0.25, -0.2) is 4.39 Å². The number of epoxide rings is 1. The van der Waals surface area contributed by atoms with Gasteiger partial charge in [-0.2, -0.15) is 0 Å². The highest BCUT2D eigenvalue weighted by Gasteiger charge is 2.61. The fraction of sp³-hybridized carbons (Fsp3) is 0.571. The van der Waals surface area contributed by atoms with E-state index >= 15 is 0 Å². The monoisotopic (exact) mass is 268 g/mol. The summed E-state index contributed by atoms with van der Waals surface area (Å²) in [5.74, 6) is 0.364. The Hall–Kier alpha value is -1.17. The lowest BCUT2D eigenvalue weighted by atomic mass is 9.78. The van der Waals surface area contributed by atoms with Crippen LogP contribution in [0.15, 0.2) is 24.3 Å². The average molecular weight is 268 g/mol. The van der Waals surface area contributed by atoms with Crippen molar-refractivity contribution in [2.24, 2.45) is 5.41 Å². The van der Waals surface area contributed by atoms with E-state index in [-0.39, 0.29) is 16.8 Å². The zero-order valence-corrected chi connectivity index (χ0v) is 10.9. The van der Waals surface area contributed by atoms with Gasteiger partial charge in [-0.15, -0.1) is 0 Å². The molecule has 1 atom stereocenters. The number of benzene rings is 1. The van der Waals surface area contributed by atoms with E-state index in [2.05, 4.69) is 6.92 Å². The Morgan fingerprint density at radius 3 is 2.37 bits per heavy atom. The second-order valence-corrected chi connectivity index (χ2v) is 5.40. The molecular weight excluding hydrogens is 251 g/mol. The third kappa shape index (κ3) is 2.45. The normalized spacial score (nSPS) is 28.9. The number of halogens is 1. The SMILES string of the molecule is CC1(C2(COc3ccc(F)cc3)CO2)COCOC1. The van der Waals surface area contributed by atoms with Crippen molar-refractivity contribution in [1.29, 1.82) is 0 Å². The van der Waals surface area contributed by atoms with Crippen molar-refractivity contribution in [3.05, 3.63) is 30.1 Å². The molecule has 2 aliphatic heterocycles. The topological polar surface area (TPSA) is 40.2 Å². The second-order valence-electron chi connectivity index (χ2n) is 5.40. The van der Waals surface area contributed by atoms with E-state index in [0.717, 1.165) is 0 Å². The van der Waals surface area contributed by atoms with E-state index in [0.29, 0.717) is 39.0 Å². The van der Waals surface area contributed by atoms with Crippen LogP contribution in [0.25, 0.3) is 0 Å². The summed E-state index contributed by atoms with van der Waals surface area (Å²) < 4.78 is 34.9. The van der Waals surface area contributed by atoms with E-state index < -0.39 is 0 Å². The molecule has 0 bridgehead atoms. The first-order valence-corrected chi connectivity index (χ1v) is 6.31. The van der Waals surface area contributed by atoms with Gasteiger partial charge in [0.05, 0.1) is 19.8 Å². The largest absolute Gasteiger partial charge is 0.490 e. The Kier molecular flexibility index (Phi) is 3.20. The minimum Gasteiger partial charge on any atom is -0.490 e. The zero-order valence-electron chi connectivity index (χ0n) is 10.9. The summed E-state index contributed by atoms with van der Waals surface area (Å²) >= 11 is 0. The summed E-state index contributed by atoms with van der Waals surface area (Å²) in [7, 11) is 0. The summed E-state index contributed by atoms with van der Waals surface area (Å²) in [6.07, 6.45) is 0. The minimum atomic E-state index is -0.359. The first-order valence-electron chi connectivity index (χ1n) is 6.31. The molecule has 3 rings (SSSR count). The van der Waals surface area contributed by atoms with Gasteiger partial charge in [0.15, 0.2) is 0 Å². The maximum absolute atomic E-state index is 12.8. The molecule has 2 heterocycles. The van der Waals surface area contributed by atoms with Crippen molar-refractivity contribution in [3.63, 3.8) is 0 Å². The van der Waals surface area contributed by atoms with Crippen LogP contribution in [0.2, 0.25) is 0 Å². The zero-order chi connectivity index (χ0) is 13.3. The van der Waals surface area contributed by atoms with Crippen LogP contribution in [-0.4, -0.2) is 38.8 Å². The van der Waals surface area contributed by atoms with Gasteiger partial charge >= 0.3 is 0 Å². The summed E-state index contributed by atoms with van der Waals surface area (Å²) in [4.78, 5) is 0. The molecule has 104 valence electrons. The molecule has 0 aliphatic carbocycles. The smallest absolute Gasteiger partial charge is 0.146 e. The lowest BCUT2D eigenvalue weighted by molar-refractivity contribution is -0.182. The van der Waals surface area contributed by atoms with E-state index in [1.807, 2.05) is 0 Å². The molecule has 0 radical (unpaired) electrons. The quantitative estimate of drug-likeness (QED) is 0.783. The third-order valence-corrected chi connectivity index (χ3v) is 3.89. The van der Waals surface area contributed by atoms with Crippen molar-refractivity contribution in [1.82, 2.24) is 0 Å². The van der Waals surface area contributed by atoms with Crippen LogP contribution in [0.3, 0.4) is 0 Å². The lowest BCUT2D eigenvalue weighted by Gasteiger charge is -2.37. The van der Waals surface area contributed by atoms with E-state index in [9.17, 15) is 4.39 Å². The maximum Gasteiger partial charge on any atom is 0.146 e. The van der Waals surface area contributed by atoms with Gasteiger partial charge in [-0.05, 0) is 24.3 Å². The molecule has 0 N–H and O–H groups in total. The Morgan fingerprint density at radius 1 is 1.16 bits per heavy atom. The van der Waals surface area contributed by atoms with E-state index in [1.54, 1.807) is 12.1 Å². The molecule has 0 saturated carbocycles. The van der Waals surface area contributed by atoms with Crippen LogP contribution in [0.4, 0.5) is 4.39 Å². The standard InChI is InChI=1S/C14H17FO4/c1-13(6-16-10-17-7-13)14(9-19-14)8-18-12-4-2-11(15)3-5-12/h2-5H,6-10H2,1H3. The summed E-state index contributed by atoms with van der Waals surface area (Å²) in [5, 5.41) is 0. The highest BCUT2D eigenvalue weighted by molar-refractivity contribution is 5.23. The van der Waals surface area contributed by atoms with Crippen LogP contribution in [0.5, 0.6) is 5.75 Å². The van der Waals surface area contributed by atoms with Crippen molar-refractivity contribution in [2.75, 3.05) is 33.2 Å². The van der Waals surface area contributed by atoms with Gasteiger partial charge in [-0.1, -0.05) is 6.92 Å². The fourth-order valence-corrected chi connectivity index (χ4v) is 2.32. The highest BCUT2D eigenvalue weighted by Crippen LogP contribution is 2.46. The van der Waals surface area contributed by atoms with Gasteiger partial charge in [0.1, 0.15) is 30.6 Å². The van der Waals surface area contributed by atoms with Gasteiger partial charge in [0.25, 0.3) is 0 Å².